The predicted octanol–water partition coefficient (Wildman–Crippen LogP) is 1.59. The van der Waals surface area contributed by atoms with Crippen LogP contribution in [0.1, 0.15) is 38.3 Å². The van der Waals surface area contributed by atoms with E-state index in [-0.39, 0.29) is 11.8 Å². The highest BCUT2D eigenvalue weighted by Gasteiger charge is 2.42. The van der Waals surface area contributed by atoms with Gasteiger partial charge in [0, 0.05) is 50.9 Å². The van der Waals surface area contributed by atoms with E-state index < -0.39 is 5.54 Å². The fraction of sp³-hybridized carbons (Fsp3) is 0.591. The smallest absolute Gasteiger partial charge is 0.248 e. The average molecular weight is 413 g/mol. The maximum Gasteiger partial charge on any atom is 0.248 e. The Bertz CT molecular complexity index is 860. The van der Waals surface area contributed by atoms with Gasteiger partial charge >= 0.3 is 0 Å². The number of aromatic nitrogens is 3. The molecule has 2 aliphatic rings. The molecule has 0 spiro atoms. The van der Waals surface area contributed by atoms with Crippen molar-refractivity contribution in [1.29, 1.82) is 0 Å². The van der Waals surface area contributed by atoms with E-state index in [1.54, 1.807) is 0 Å². The van der Waals surface area contributed by atoms with Crippen LogP contribution in [-0.2, 0) is 21.7 Å². The number of rotatable bonds is 6. The van der Waals surface area contributed by atoms with Crippen molar-refractivity contribution in [3.05, 3.63) is 42.0 Å². The van der Waals surface area contributed by atoms with Crippen molar-refractivity contribution in [3.8, 4) is 0 Å². The Morgan fingerprint density at radius 1 is 1.17 bits per heavy atom. The number of piperazine rings is 1. The predicted molar refractivity (Wildman–Crippen MR) is 116 cm³/mol. The summed E-state index contributed by atoms with van der Waals surface area (Å²) in [6, 6.07) is 10.5. The monoisotopic (exact) mass is 412 g/mol. The van der Waals surface area contributed by atoms with Gasteiger partial charge in [-0.05, 0) is 19.1 Å². The number of carbonyl (C=O) groups excluding carboxylic acids is 1. The van der Waals surface area contributed by atoms with Gasteiger partial charge in [-0.1, -0.05) is 32.0 Å². The first-order valence-electron chi connectivity index (χ1n) is 10.8. The van der Waals surface area contributed by atoms with E-state index in [4.69, 9.17) is 4.74 Å². The second-order valence-electron chi connectivity index (χ2n) is 8.65. The maximum atomic E-state index is 13.1. The molecule has 1 fully saturated rings. The molecule has 1 N–H and O–H groups in total. The van der Waals surface area contributed by atoms with Crippen molar-refractivity contribution in [2.24, 2.45) is 0 Å². The van der Waals surface area contributed by atoms with Crippen molar-refractivity contribution in [3.63, 3.8) is 0 Å². The quantitative estimate of drug-likeness (QED) is 0.777. The number of nitrogens with zero attached hydrogens (tertiary/aromatic N) is 5. The minimum Gasteiger partial charge on any atom is -0.370 e. The molecule has 1 aromatic heterocycles. The second kappa shape index (κ2) is 8.73. The zero-order chi connectivity index (χ0) is 21.1. The topological polar surface area (TPSA) is 75.5 Å². The summed E-state index contributed by atoms with van der Waals surface area (Å²) >= 11 is 0. The molecule has 0 aliphatic carbocycles. The summed E-state index contributed by atoms with van der Waals surface area (Å²) in [5.41, 5.74) is 0.462. The molecule has 2 aliphatic heterocycles. The van der Waals surface area contributed by atoms with E-state index >= 15 is 0 Å². The number of amides is 1. The zero-order valence-corrected chi connectivity index (χ0v) is 18.2. The highest BCUT2D eigenvalue weighted by molar-refractivity contribution is 5.84. The van der Waals surface area contributed by atoms with Crippen molar-refractivity contribution < 1.29 is 9.53 Å². The molecule has 2 aromatic rings. The average Bonchev–Trinajstić information content (AvgIpc) is 3.21. The Morgan fingerprint density at radius 2 is 1.90 bits per heavy atom. The van der Waals surface area contributed by atoms with Crippen molar-refractivity contribution >= 4 is 11.6 Å². The molecule has 0 radical (unpaired) electrons. The Kier molecular flexibility index (Phi) is 6.06. The molecule has 162 valence electrons. The highest BCUT2D eigenvalue weighted by Crippen LogP contribution is 2.29. The number of ether oxygens (including phenoxy) is 1. The molecule has 1 saturated heterocycles. The normalized spacial score (nSPS) is 22.2. The summed E-state index contributed by atoms with van der Waals surface area (Å²) in [5, 5.41) is 11.7. The summed E-state index contributed by atoms with van der Waals surface area (Å²) < 4.78 is 7.66. The molecule has 0 bridgehead atoms. The van der Waals surface area contributed by atoms with Crippen LogP contribution in [0.2, 0.25) is 0 Å². The van der Waals surface area contributed by atoms with Crippen LogP contribution in [0.15, 0.2) is 30.3 Å². The summed E-state index contributed by atoms with van der Waals surface area (Å²) in [6.07, 6.45) is 0. The van der Waals surface area contributed by atoms with Crippen LogP contribution in [0.4, 0.5) is 5.69 Å². The van der Waals surface area contributed by atoms with Crippen molar-refractivity contribution in [2.75, 3.05) is 50.8 Å². The largest absolute Gasteiger partial charge is 0.370 e. The lowest BCUT2D eigenvalue weighted by atomic mass is 9.99. The third-order valence-corrected chi connectivity index (χ3v) is 6.08. The van der Waals surface area contributed by atoms with Crippen LogP contribution in [0, 0.1) is 0 Å². The van der Waals surface area contributed by atoms with E-state index in [0.29, 0.717) is 19.8 Å². The number of fused-ring (bicyclic) bond motifs is 1. The third kappa shape index (κ3) is 4.06. The Hall–Kier alpha value is -2.45. The fourth-order valence-electron chi connectivity index (χ4n) is 4.29. The van der Waals surface area contributed by atoms with Crippen molar-refractivity contribution in [2.45, 2.75) is 38.8 Å². The van der Waals surface area contributed by atoms with Gasteiger partial charge in [0.2, 0.25) is 5.91 Å². The molecular weight excluding hydrogens is 380 g/mol. The molecule has 1 amide bonds. The molecule has 0 saturated carbocycles. The Morgan fingerprint density at radius 3 is 2.60 bits per heavy atom. The van der Waals surface area contributed by atoms with Gasteiger partial charge in [0.1, 0.15) is 18.0 Å². The van der Waals surface area contributed by atoms with E-state index in [1.165, 1.54) is 5.69 Å². The molecule has 30 heavy (non-hydrogen) atoms. The second-order valence-corrected chi connectivity index (χ2v) is 8.65. The van der Waals surface area contributed by atoms with Gasteiger partial charge in [0.25, 0.3) is 0 Å². The molecule has 1 unspecified atom stereocenters. The van der Waals surface area contributed by atoms with E-state index in [1.807, 2.05) is 17.6 Å². The number of para-hydroxylation sites is 1. The number of hydrogen-bond donors (Lipinski definition) is 1. The molecule has 1 aromatic carbocycles. The van der Waals surface area contributed by atoms with Crippen LogP contribution in [0.25, 0.3) is 0 Å². The lowest BCUT2D eigenvalue weighted by Crippen LogP contribution is -2.54. The highest BCUT2D eigenvalue weighted by atomic mass is 16.5. The SMILES string of the molecule is CC(C)c1nnc2n1C(C)(C(=O)NCCN1CCN(c3ccccc3)CC1)COC2. The minimum absolute atomic E-state index is 0.0342. The first-order valence-corrected chi connectivity index (χ1v) is 10.8. The van der Waals surface area contributed by atoms with Crippen LogP contribution >= 0.6 is 0 Å². The number of benzene rings is 1. The fourth-order valence-corrected chi connectivity index (χ4v) is 4.29. The lowest BCUT2D eigenvalue weighted by molar-refractivity contribution is -0.135. The van der Waals surface area contributed by atoms with Crippen LogP contribution in [0.3, 0.4) is 0 Å². The standard InChI is InChI=1S/C22H32N6O2/c1-17(2)20-25-24-19-15-30-16-22(3,28(19)20)21(29)23-9-10-26-11-13-27(14-12-26)18-7-5-4-6-8-18/h4-8,17H,9-16H2,1-3H3,(H,23,29). The number of carbonyl (C=O) groups is 1. The minimum atomic E-state index is -0.817. The number of anilines is 1. The van der Waals surface area contributed by atoms with Crippen LogP contribution in [-0.4, -0.2) is 71.4 Å². The van der Waals surface area contributed by atoms with Gasteiger partial charge in [-0.3, -0.25) is 14.3 Å². The first-order chi connectivity index (χ1) is 14.5. The molecular formula is C22H32N6O2. The third-order valence-electron chi connectivity index (χ3n) is 6.08. The summed E-state index contributed by atoms with van der Waals surface area (Å²) in [7, 11) is 0. The van der Waals surface area contributed by atoms with Gasteiger partial charge in [-0.15, -0.1) is 10.2 Å². The van der Waals surface area contributed by atoms with Gasteiger partial charge < -0.3 is 15.0 Å². The van der Waals surface area contributed by atoms with E-state index in [9.17, 15) is 4.79 Å². The number of hydrogen-bond acceptors (Lipinski definition) is 6. The van der Waals surface area contributed by atoms with Gasteiger partial charge in [0.05, 0.1) is 6.61 Å². The van der Waals surface area contributed by atoms with Gasteiger partial charge in [-0.25, -0.2) is 0 Å². The summed E-state index contributed by atoms with van der Waals surface area (Å²) in [4.78, 5) is 18.0. The lowest BCUT2D eigenvalue weighted by Gasteiger charge is -2.37. The van der Waals surface area contributed by atoms with Gasteiger partial charge in [0.15, 0.2) is 5.82 Å². The number of nitrogens with one attached hydrogen (secondary N) is 1. The Balaban J connectivity index is 1.31. The Labute approximate surface area is 178 Å². The molecule has 4 rings (SSSR count). The molecule has 3 heterocycles. The molecule has 8 heteroatoms. The molecule has 8 nitrogen and oxygen atoms in total. The van der Waals surface area contributed by atoms with Gasteiger partial charge in [-0.2, -0.15) is 0 Å². The first kappa shape index (κ1) is 20.8. The van der Waals surface area contributed by atoms with E-state index in [0.717, 1.165) is 44.4 Å². The van der Waals surface area contributed by atoms with E-state index in [2.05, 4.69) is 63.4 Å². The maximum absolute atomic E-state index is 13.1. The summed E-state index contributed by atoms with van der Waals surface area (Å²) in [6.45, 7) is 12.3. The van der Waals surface area contributed by atoms with Crippen molar-refractivity contribution in [1.82, 2.24) is 25.0 Å². The summed E-state index contributed by atoms with van der Waals surface area (Å²) in [5.74, 6) is 1.72. The van der Waals surface area contributed by atoms with Crippen LogP contribution < -0.4 is 10.2 Å². The molecule has 1 atom stereocenters. The zero-order valence-electron chi connectivity index (χ0n) is 18.2. The van der Waals surface area contributed by atoms with Crippen LogP contribution in [0.5, 0.6) is 0 Å².